The number of rotatable bonds is 5. The standard InChI is InChI=1S/C20H24N2O2/c1-17-7-5-6-10-19(17)20(23)22-13-11-21(12-14-22)15-16-24-18-8-3-2-4-9-18/h2-10H,11-16H2,1H3. The molecule has 1 aliphatic rings. The number of benzene rings is 2. The van der Waals surface area contributed by atoms with Crippen LogP contribution < -0.4 is 4.74 Å². The van der Waals surface area contributed by atoms with Gasteiger partial charge in [0.1, 0.15) is 12.4 Å². The normalized spacial score (nSPS) is 15.3. The van der Waals surface area contributed by atoms with E-state index in [1.807, 2.05) is 66.4 Å². The summed E-state index contributed by atoms with van der Waals surface area (Å²) in [5.41, 5.74) is 1.86. The minimum Gasteiger partial charge on any atom is -0.492 e. The summed E-state index contributed by atoms with van der Waals surface area (Å²) < 4.78 is 5.75. The Morgan fingerprint density at radius 3 is 2.33 bits per heavy atom. The molecule has 1 amide bonds. The summed E-state index contributed by atoms with van der Waals surface area (Å²) in [4.78, 5) is 16.9. The van der Waals surface area contributed by atoms with Gasteiger partial charge in [-0.3, -0.25) is 9.69 Å². The SMILES string of the molecule is Cc1ccccc1C(=O)N1CCN(CCOc2ccccc2)CC1. The second-order valence-corrected chi connectivity index (χ2v) is 6.11. The maximum atomic E-state index is 12.6. The number of hydrogen-bond acceptors (Lipinski definition) is 3. The van der Waals surface area contributed by atoms with Crippen molar-refractivity contribution in [2.45, 2.75) is 6.92 Å². The van der Waals surface area contributed by atoms with Gasteiger partial charge in [0.25, 0.3) is 5.91 Å². The first kappa shape index (κ1) is 16.5. The minimum atomic E-state index is 0.147. The van der Waals surface area contributed by atoms with Crippen LogP contribution in [0.4, 0.5) is 0 Å². The Kier molecular flexibility index (Phi) is 5.49. The quantitative estimate of drug-likeness (QED) is 0.848. The number of para-hydroxylation sites is 1. The number of hydrogen-bond donors (Lipinski definition) is 0. The summed E-state index contributed by atoms with van der Waals surface area (Å²) >= 11 is 0. The highest BCUT2D eigenvalue weighted by Gasteiger charge is 2.22. The summed E-state index contributed by atoms with van der Waals surface area (Å²) in [5.74, 6) is 1.05. The largest absolute Gasteiger partial charge is 0.492 e. The van der Waals surface area contributed by atoms with Gasteiger partial charge in [0.05, 0.1) is 0 Å². The summed E-state index contributed by atoms with van der Waals surface area (Å²) in [6.45, 7) is 6.91. The zero-order valence-electron chi connectivity index (χ0n) is 14.1. The van der Waals surface area contributed by atoms with Gasteiger partial charge in [-0.1, -0.05) is 36.4 Å². The number of carbonyl (C=O) groups excluding carboxylic acids is 1. The molecule has 126 valence electrons. The molecule has 1 aliphatic heterocycles. The predicted molar refractivity (Wildman–Crippen MR) is 95.5 cm³/mol. The maximum absolute atomic E-state index is 12.6. The van der Waals surface area contributed by atoms with Gasteiger partial charge in [0, 0.05) is 38.3 Å². The third-order valence-corrected chi connectivity index (χ3v) is 4.45. The number of piperazine rings is 1. The molecule has 0 aromatic heterocycles. The molecule has 3 rings (SSSR count). The van der Waals surface area contributed by atoms with E-state index in [9.17, 15) is 4.79 Å². The van der Waals surface area contributed by atoms with E-state index in [1.54, 1.807) is 0 Å². The van der Waals surface area contributed by atoms with Crippen molar-refractivity contribution in [3.8, 4) is 5.75 Å². The van der Waals surface area contributed by atoms with Crippen molar-refractivity contribution in [1.82, 2.24) is 9.80 Å². The van der Waals surface area contributed by atoms with E-state index in [0.29, 0.717) is 6.61 Å². The van der Waals surface area contributed by atoms with E-state index >= 15 is 0 Å². The molecular weight excluding hydrogens is 300 g/mol. The zero-order valence-corrected chi connectivity index (χ0v) is 14.1. The number of aryl methyl sites for hydroxylation is 1. The van der Waals surface area contributed by atoms with Crippen LogP contribution in [0.5, 0.6) is 5.75 Å². The minimum absolute atomic E-state index is 0.147. The average molecular weight is 324 g/mol. The van der Waals surface area contributed by atoms with E-state index < -0.39 is 0 Å². The number of carbonyl (C=O) groups is 1. The van der Waals surface area contributed by atoms with Crippen molar-refractivity contribution >= 4 is 5.91 Å². The van der Waals surface area contributed by atoms with Crippen molar-refractivity contribution in [3.63, 3.8) is 0 Å². The van der Waals surface area contributed by atoms with Crippen LogP contribution in [0.1, 0.15) is 15.9 Å². The molecule has 0 aliphatic carbocycles. The summed E-state index contributed by atoms with van der Waals surface area (Å²) in [5, 5.41) is 0. The molecule has 4 heteroatoms. The highest BCUT2D eigenvalue weighted by Crippen LogP contribution is 2.13. The second-order valence-electron chi connectivity index (χ2n) is 6.11. The molecule has 0 bridgehead atoms. The monoisotopic (exact) mass is 324 g/mol. The predicted octanol–water partition coefficient (Wildman–Crippen LogP) is 2.83. The number of amides is 1. The van der Waals surface area contributed by atoms with Gasteiger partial charge < -0.3 is 9.64 Å². The van der Waals surface area contributed by atoms with Gasteiger partial charge in [-0.05, 0) is 30.7 Å². The molecule has 0 saturated carbocycles. The van der Waals surface area contributed by atoms with Crippen LogP contribution in [-0.4, -0.2) is 55.0 Å². The number of ether oxygens (including phenoxy) is 1. The van der Waals surface area contributed by atoms with E-state index in [0.717, 1.165) is 49.6 Å². The van der Waals surface area contributed by atoms with Crippen LogP contribution in [0.2, 0.25) is 0 Å². The second kappa shape index (κ2) is 7.97. The van der Waals surface area contributed by atoms with E-state index in [2.05, 4.69) is 4.90 Å². The third kappa shape index (κ3) is 4.15. The lowest BCUT2D eigenvalue weighted by Gasteiger charge is -2.34. The lowest BCUT2D eigenvalue weighted by atomic mass is 10.1. The first-order chi connectivity index (χ1) is 11.7. The summed E-state index contributed by atoms with van der Waals surface area (Å²) in [6.07, 6.45) is 0. The Morgan fingerprint density at radius 1 is 0.958 bits per heavy atom. The van der Waals surface area contributed by atoms with Gasteiger partial charge in [0.15, 0.2) is 0 Å². The van der Waals surface area contributed by atoms with Crippen molar-refractivity contribution in [2.24, 2.45) is 0 Å². The van der Waals surface area contributed by atoms with Crippen LogP contribution in [-0.2, 0) is 0 Å². The molecule has 24 heavy (non-hydrogen) atoms. The fourth-order valence-electron chi connectivity index (χ4n) is 2.97. The lowest BCUT2D eigenvalue weighted by molar-refractivity contribution is 0.0619. The summed E-state index contributed by atoms with van der Waals surface area (Å²) in [7, 11) is 0. The van der Waals surface area contributed by atoms with E-state index in [1.165, 1.54) is 0 Å². The van der Waals surface area contributed by atoms with Crippen LogP contribution >= 0.6 is 0 Å². The average Bonchev–Trinajstić information content (AvgIpc) is 2.63. The van der Waals surface area contributed by atoms with Gasteiger partial charge in [-0.25, -0.2) is 0 Å². The van der Waals surface area contributed by atoms with Crippen molar-refractivity contribution in [2.75, 3.05) is 39.3 Å². The summed E-state index contributed by atoms with van der Waals surface area (Å²) in [6, 6.07) is 17.7. The molecule has 0 N–H and O–H groups in total. The van der Waals surface area contributed by atoms with Gasteiger partial charge in [0.2, 0.25) is 0 Å². The van der Waals surface area contributed by atoms with Gasteiger partial charge in [-0.2, -0.15) is 0 Å². The Bertz CT molecular complexity index is 664. The molecule has 1 heterocycles. The van der Waals surface area contributed by atoms with Crippen molar-refractivity contribution < 1.29 is 9.53 Å². The first-order valence-electron chi connectivity index (χ1n) is 8.49. The molecule has 2 aromatic carbocycles. The Balaban J connectivity index is 1.44. The Morgan fingerprint density at radius 2 is 1.62 bits per heavy atom. The molecular formula is C20H24N2O2. The molecule has 0 atom stereocenters. The van der Waals surface area contributed by atoms with Crippen LogP contribution in [0, 0.1) is 6.92 Å². The van der Waals surface area contributed by atoms with E-state index in [-0.39, 0.29) is 5.91 Å². The van der Waals surface area contributed by atoms with E-state index in [4.69, 9.17) is 4.74 Å². The molecule has 2 aromatic rings. The smallest absolute Gasteiger partial charge is 0.254 e. The fourth-order valence-corrected chi connectivity index (χ4v) is 2.97. The van der Waals surface area contributed by atoms with Gasteiger partial charge >= 0.3 is 0 Å². The number of nitrogens with zero attached hydrogens (tertiary/aromatic N) is 2. The molecule has 1 fully saturated rings. The topological polar surface area (TPSA) is 32.8 Å². The highest BCUT2D eigenvalue weighted by atomic mass is 16.5. The van der Waals surface area contributed by atoms with Crippen LogP contribution in [0.15, 0.2) is 54.6 Å². The third-order valence-electron chi connectivity index (χ3n) is 4.45. The van der Waals surface area contributed by atoms with Crippen LogP contribution in [0.25, 0.3) is 0 Å². The van der Waals surface area contributed by atoms with Crippen molar-refractivity contribution in [1.29, 1.82) is 0 Å². The zero-order chi connectivity index (χ0) is 16.8. The molecule has 4 nitrogen and oxygen atoms in total. The molecule has 0 radical (unpaired) electrons. The van der Waals surface area contributed by atoms with Crippen LogP contribution in [0.3, 0.4) is 0 Å². The first-order valence-corrected chi connectivity index (χ1v) is 8.49. The molecule has 0 spiro atoms. The Labute approximate surface area is 143 Å². The maximum Gasteiger partial charge on any atom is 0.254 e. The fraction of sp³-hybridized carbons (Fsp3) is 0.350. The lowest BCUT2D eigenvalue weighted by Crippen LogP contribution is -2.49. The molecule has 1 saturated heterocycles. The highest BCUT2D eigenvalue weighted by molar-refractivity contribution is 5.95. The Hall–Kier alpha value is -2.33. The van der Waals surface area contributed by atoms with Gasteiger partial charge in [-0.15, -0.1) is 0 Å². The molecule has 0 unspecified atom stereocenters. The van der Waals surface area contributed by atoms with Crippen molar-refractivity contribution in [3.05, 3.63) is 65.7 Å².